The molecule has 0 saturated heterocycles. The molecular weight excluding hydrogens is 223 g/mol. The molecule has 0 fully saturated rings. The van der Waals surface area contributed by atoms with Crippen LogP contribution in [0.1, 0.15) is 11.6 Å². The van der Waals surface area contributed by atoms with Crippen molar-refractivity contribution in [2.45, 2.75) is 13.8 Å². The molecule has 3 aromatic heterocycles. The molecule has 3 heterocycles. The van der Waals surface area contributed by atoms with Crippen LogP contribution in [0.3, 0.4) is 0 Å². The normalized spacial score (nSPS) is 11.2. The summed E-state index contributed by atoms with van der Waals surface area (Å²) in [5.41, 5.74) is 0.154. The average Bonchev–Trinajstić information content (AvgIpc) is 2.85. The molecule has 0 aromatic carbocycles. The topological polar surface area (TPSA) is 56.2 Å². The lowest BCUT2D eigenvalue weighted by Crippen LogP contribution is -1.99. The molecule has 0 amide bonds. The maximum atomic E-state index is 13.5. The number of rotatable bonds is 1. The lowest BCUT2D eigenvalue weighted by atomic mass is 10.4. The maximum absolute atomic E-state index is 13.5. The second kappa shape index (κ2) is 3.38. The molecule has 0 aliphatic heterocycles. The van der Waals surface area contributed by atoms with Gasteiger partial charge in [-0.1, -0.05) is 0 Å². The van der Waals surface area contributed by atoms with E-state index >= 15 is 0 Å². The Morgan fingerprint density at radius 2 is 2.12 bits per heavy atom. The second-order valence-corrected chi connectivity index (χ2v) is 3.73. The van der Waals surface area contributed by atoms with E-state index < -0.39 is 5.82 Å². The highest BCUT2D eigenvalue weighted by Gasteiger charge is 2.14. The zero-order valence-electron chi connectivity index (χ0n) is 9.31. The summed E-state index contributed by atoms with van der Waals surface area (Å²) < 4.78 is 20.3. The van der Waals surface area contributed by atoms with Crippen molar-refractivity contribution in [3.8, 4) is 11.6 Å². The SMILES string of the molecule is Cc1nc2c(F)cnc(-c3ccc(C)o3)n2n1. The van der Waals surface area contributed by atoms with E-state index in [1.54, 1.807) is 13.0 Å². The van der Waals surface area contributed by atoms with Gasteiger partial charge >= 0.3 is 0 Å². The smallest absolute Gasteiger partial charge is 0.199 e. The van der Waals surface area contributed by atoms with Crippen LogP contribution < -0.4 is 0 Å². The highest BCUT2D eigenvalue weighted by atomic mass is 19.1. The molecule has 0 atom stereocenters. The minimum Gasteiger partial charge on any atom is -0.458 e. The van der Waals surface area contributed by atoms with E-state index in [4.69, 9.17) is 4.42 Å². The average molecular weight is 232 g/mol. The third-order valence-corrected chi connectivity index (χ3v) is 2.39. The molecule has 0 aliphatic carbocycles. The number of hydrogen-bond donors (Lipinski definition) is 0. The zero-order chi connectivity index (χ0) is 12.0. The van der Waals surface area contributed by atoms with Crippen LogP contribution in [0.15, 0.2) is 22.7 Å². The van der Waals surface area contributed by atoms with E-state index in [1.807, 2.05) is 13.0 Å². The van der Waals surface area contributed by atoms with Gasteiger partial charge in [0.15, 0.2) is 23.0 Å². The molecule has 86 valence electrons. The van der Waals surface area contributed by atoms with E-state index in [0.29, 0.717) is 17.4 Å². The molecule has 3 aromatic rings. The van der Waals surface area contributed by atoms with Crippen molar-refractivity contribution in [1.29, 1.82) is 0 Å². The number of nitrogens with zero attached hydrogens (tertiary/aromatic N) is 4. The Balaban J connectivity index is 2.33. The monoisotopic (exact) mass is 232 g/mol. The number of hydrogen-bond acceptors (Lipinski definition) is 4. The summed E-state index contributed by atoms with van der Waals surface area (Å²) in [7, 11) is 0. The lowest BCUT2D eigenvalue weighted by molar-refractivity contribution is 0.539. The summed E-state index contributed by atoms with van der Waals surface area (Å²) in [5, 5.41) is 4.10. The number of halogens is 1. The van der Waals surface area contributed by atoms with Gasteiger partial charge in [-0.3, -0.25) is 0 Å². The van der Waals surface area contributed by atoms with Gasteiger partial charge in [0, 0.05) is 0 Å². The minimum atomic E-state index is -0.502. The van der Waals surface area contributed by atoms with Gasteiger partial charge in [-0.15, -0.1) is 5.10 Å². The Hall–Kier alpha value is -2.24. The number of furan rings is 1. The fourth-order valence-electron chi connectivity index (χ4n) is 1.67. The van der Waals surface area contributed by atoms with Crippen LogP contribution in [0.2, 0.25) is 0 Å². The van der Waals surface area contributed by atoms with Crippen LogP contribution in [0.5, 0.6) is 0 Å². The summed E-state index contributed by atoms with van der Waals surface area (Å²) in [4.78, 5) is 8.00. The Morgan fingerprint density at radius 3 is 2.82 bits per heavy atom. The molecule has 17 heavy (non-hydrogen) atoms. The van der Waals surface area contributed by atoms with Crippen molar-refractivity contribution in [2.24, 2.45) is 0 Å². The fraction of sp³-hybridized carbons (Fsp3) is 0.182. The van der Waals surface area contributed by atoms with E-state index in [1.165, 1.54) is 4.52 Å². The molecular formula is C11H9FN4O. The summed E-state index contributed by atoms with van der Waals surface area (Å²) >= 11 is 0. The predicted octanol–water partition coefficient (Wildman–Crippen LogP) is 2.14. The third kappa shape index (κ3) is 1.49. The van der Waals surface area contributed by atoms with Crippen LogP contribution in [0.4, 0.5) is 4.39 Å². The Morgan fingerprint density at radius 1 is 1.29 bits per heavy atom. The van der Waals surface area contributed by atoms with Crippen molar-refractivity contribution in [3.63, 3.8) is 0 Å². The standard InChI is InChI=1S/C11H9FN4O/c1-6-3-4-9(17-6)11-13-5-8(12)10-14-7(2)15-16(10)11/h3-5H,1-2H3. The molecule has 0 unspecified atom stereocenters. The molecule has 0 bridgehead atoms. The molecule has 0 N–H and O–H groups in total. The molecule has 0 radical (unpaired) electrons. The summed E-state index contributed by atoms with van der Waals surface area (Å²) in [6.45, 7) is 3.53. The van der Waals surface area contributed by atoms with Crippen molar-refractivity contribution in [1.82, 2.24) is 19.6 Å². The van der Waals surface area contributed by atoms with Gasteiger partial charge in [-0.2, -0.15) is 4.52 Å². The van der Waals surface area contributed by atoms with Crippen LogP contribution in [-0.4, -0.2) is 19.6 Å². The Labute approximate surface area is 95.9 Å². The summed E-state index contributed by atoms with van der Waals surface area (Å²) in [6.07, 6.45) is 1.12. The van der Waals surface area contributed by atoms with E-state index in [-0.39, 0.29) is 5.65 Å². The second-order valence-electron chi connectivity index (χ2n) is 3.73. The van der Waals surface area contributed by atoms with Crippen LogP contribution in [0.25, 0.3) is 17.2 Å². The third-order valence-electron chi connectivity index (χ3n) is 2.39. The fourth-order valence-corrected chi connectivity index (χ4v) is 1.67. The predicted molar refractivity (Wildman–Crippen MR) is 57.9 cm³/mol. The first kappa shape index (κ1) is 9.95. The first-order chi connectivity index (χ1) is 8.15. The van der Waals surface area contributed by atoms with Gasteiger partial charge in [0.05, 0.1) is 6.20 Å². The van der Waals surface area contributed by atoms with Gasteiger partial charge in [-0.25, -0.2) is 14.4 Å². The van der Waals surface area contributed by atoms with Gasteiger partial charge in [-0.05, 0) is 26.0 Å². The molecule has 0 aliphatic rings. The largest absolute Gasteiger partial charge is 0.458 e. The van der Waals surface area contributed by atoms with Gasteiger partial charge in [0.1, 0.15) is 11.6 Å². The van der Waals surface area contributed by atoms with E-state index in [2.05, 4.69) is 15.1 Å². The Bertz CT molecular complexity index is 701. The van der Waals surface area contributed by atoms with Crippen molar-refractivity contribution >= 4 is 5.65 Å². The highest BCUT2D eigenvalue weighted by Crippen LogP contribution is 2.21. The summed E-state index contributed by atoms with van der Waals surface area (Å²) in [5.74, 6) is 1.72. The van der Waals surface area contributed by atoms with Crippen LogP contribution in [-0.2, 0) is 0 Å². The molecule has 6 heteroatoms. The first-order valence-corrected chi connectivity index (χ1v) is 5.10. The molecule has 5 nitrogen and oxygen atoms in total. The zero-order valence-corrected chi connectivity index (χ0v) is 9.31. The maximum Gasteiger partial charge on any atom is 0.199 e. The molecule has 0 spiro atoms. The number of aromatic nitrogens is 4. The van der Waals surface area contributed by atoms with Gasteiger partial charge in [0.2, 0.25) is 0 Å². The number of aryl methyl sites for hydroxylation is 2. The van der Waals surface area contributed by atoms with E-state index in [9.17, 15) is 4.39 Å². The van der Waals surface area contributed by atoms with Gasteiger partial charge < -0.3 is 4.42 Å². The first-order valence-electron chi connectivity index (χ1n) is 5.10. The molecule has 0 saturated carbocycles. The van der Waals surface area contributed by atoms with Crippen LogP contribution in [0, 0.1) is 19.7 Å². The van der Waals surface area contributed by atoms with Crippen LogP contribution >= 0.6 is 0 Å². The number of fused-ring (bicyclic) bond motifs is 1. The molecule has 3 rings (SSSR count). The quantitative estimate of drug-likeness (QED) is 0.645. The van der Waals surface area contributed by atoms with Crippen molar-refractivity contribution in [3.05, 3.63) is 35.7 Å². The van der Waals surface area contributed by atoms with Crippen molar-refractivity contribution < 1.29 is 8.81 Å². The van der Waals surface area contributed by atoms with Gasteiger partial charge in [0.25, 0.3) is 0 Å². The van der Waals surface area contributed by atoms with Crippen molar-refractivity contribution in [2.75, 3.05) is 0 Å². The summed E-state index contributed by atoms with van der Waals surface area (Å²) in [6, 6.07) is 3.59. The minimum absolute atomic E-state index is 0.154. The Kier molecular flexibility index (Phi) is 1.98. The highest BCUT2D eigenvalue weighted by molar-refractivity contribution is 5.53. The lowest BCUT2D eigenvalue weighted by Gasteiger charge is -1.99. The van der Waals surface area contributed by atoms with E-state index in [0.717, 1.165) is 12.0 Å².